The summed E-state index contributed by atoms with van der Waals surface area (Å²) in [5.74, 6) is 0.0699. The molecule has 1 amide bonds. The molecule has 3 aromatic carbocycles. The second-order valence-corrected chi connectivity index (χ2v) is 8.78. The van der Waals surface area contributed by atoms with Crippen LogP contribution in [0, 0.1) is 0 Å². The summed E-state index contributed by atoms with van der Waals surface area (Å²) in [6, 6.07) is 23.6. The van der Waals surface area contributed by atoms with Gasteiger partial charge in [0.25, 0.3) is 0 Å². The van der Waals surface area contributed by atoms with Crippen molar-refractivity contribution in [1.82, 2.24) is 4.57 Å². The number of nitrogens with one attached hydrogen (secondary N) is 1. The van der Waals surface area contributed by atoms with Crippen LogP contribution in [-0.2, 0) is 9.53 Å². The number of allylic oxidation sites excluding steroid dienone is 1. The highest BCUT2D eigenvalue weighted by atomic mass is 16.5. The first-order valence-corrected chi connectivity index (χ1v) is 11.8. The quantitative estimate of drug-likeness (QED) is 0.285. The van der Waals surface area contributed by atoms with E-state index in [-0.39, 0.29) is 11.9 Å². The van der Waals surface area contributed by atoms with Crippen molar-refractivity contribution >= 4 is 34.5 Å². The molecule has 1 N–H and O–H groups in total. The van der Waals surface area contributed by atoms with Crippen LogP contribution in [0.2, 0.25) is 0 Å². The number of amides is 1. The third-order valence-electron chi connectivity index (χ3n) is 5.99. The molecule has 0 bridgehead atoms. The first kappa shape index (κ1) is 24.0. The molecule has 1 heterocycles. The van der Waals surface area contributed by atoms with E-state index in [4.69, 9.17) is 4.74 Å². The number of carbonyl (C=O) groups is 2. The van der Waals surface area contributed by atoms with Gasteiger partial charge in [0, 0.05) is 34.9 Å². The number of benzene rings is 3. The average molecular weight is 467 g/mol. The number of para-hydroxylation sites is 1. The lowest BCUT2D eigenvalue weighted by Gasteiger charge is -2.08. The Labute approximate surface area is 206 Å². The molecule has 5 heteroatoms. The van der Waals surface area contributed by atoms with Crippen molar-refractivity contribution in [2.45, 2.75) is 32.6 Å². The first-order chi connectivity index (χ1) is 17.0. The standard InChI is InChI=1S/C30H30N2O3/c1-21(2)22-13-16-25(17-14-22)31-29(33)12-8-7-9-24-20-32(26-10-5-4-6-11-26)28-18-15-23(19-27(24)28)30(34)35-3/h4-7,9-11,13-21H,8,12H2,1-3H3,(H,31,33). The molecule has 0 aliphatic heterocycles. The molecule has 0 atom stereocenters. The van der Waals surface area contributed by atoms with Gasteiger partial charge in [-0.05, 0) is 60.4 Å². The number of ether oxygens (including phenoxy) is 1. The number of nitrogens with zero attached hydrogens (tertiary/aromatic N) is 1. The Balaban J connectivity index is 1.49. The van der Waals surface area contributed by atoms with Crippen molar-refractivity contribution < 1.29 is 14.3 Å². The van der Waals surface area contributed by atoms with Gasteiger partial charge in [0.15, 0.2) is 0 Å². The van der Waals surface area contributed by atoms with E-state index in [0.717, 1.165) is 27.8 Å². The summed E-state index contributed by atoms with van der Waals surface area (Å²) < 4.78 is 7.00. The minimum absolute atomic E-state index is 0.0216. The zero-order chi connectivity index (χ0) is 24.8. The van der Waals surface area contributed by atoms with Crippen LogP contribution in [-0.4, -0.2) is 23.6 Å². The molecular weight excluding hydrogens is 436 g/mol. The molecule has 0 fully saturated rings. The van der Waals surface area contributed by atoms with Gasteiger partial charge in [0.2, 0.25) is 5.91 Å². The van der Waals surface area contributed by atoms with Crippen molar-refractivity contribution in [2.24, 2.45) is 0 Å². The van der Waals surface area contributed by atoms with Crippen LogP contribution in [0.4, 0.5) is 5.69 Å². The van der Waals surface area contributed by atoms with E-state index in [1.54, 1.807) is 6.07 Å². The number of hydrogen-bond donors (Lipinski definition) is 1. The largest absolute Gasteiger partial charge is 0.465 e. The van der Waals surface area contributed by atoms with E-state index >= 15 is 0 Å². The highest BCUT2D eigenvalue weighted by Gasteiger charge is 2.12. The predicted octanol–water partition coefficient (Wildman–Crippen LogP) is 6.97. The first-order valence-electron chi connectivity index (χ1n) is 11.8. The molecule has 0 saturated carbocycles. The van der Waals surface area contributed by atoms with Crippen molar-refractivity contribution in [1.29, 1.82) is 0 Å². The average Bonchev–Trinajstić information content (AvgIpc) is 3.24. The van der Waals surface area contributed by atoms with Crippen LogP contribution in [0.1, 0.15) is 54.1 Å². The number of anilines is 1. The van der Waals surface area contributed by atoms with Gasteiger partial charge in [-0.1, -0.05) is 56.3 Å². The predicted molar refractivity (Wildman–Crippen MR) is 142 cm³/mol. The van der Waals surface area contributed by atoms with E-state index in [2.05, 4.69) is 23.7 Å². The zero-order valence-electron chi connectivity index (χ0n) is 20.3. The van der Waals surface area contributed by atoms with Crippen molar-refractivity contribution in [3.63, 3.8) is 0 Å². The van der Waals surface area contributed by atoms with Gasteiger partial charge in [0.05, 0.1) is 18.2 Å². The Kier molecular flexibility index (Phi) is 7.46. The molecule has 0 aliphatic carbocycles. The lowest BCUT2D eigenvalue weighted by atomic mass is 10.0. The Bertz CT molecular complexity index is 1350. The topological polar surface area (TPSA) is 60.3 Å². The van der Waals surface area contributed by atoms with Gasteiger partial charge in [-0.15, -0.1) is 0 Å². The van der Waals surface area contributed by atoms with Gasteiger partial charge in [-0.2, -0.15) is 0 Å². The van der Waals surface area contributed by atoms with E-state index in [0.29, 0.717) is 24.3 Å². The van der Waals surface area contributed by atoms with Crippen molar-refractivity contribution in [3.05, 3.63) is 102 Å². The normalized spacial score (nSPS) is 11.3. The molecule has 0 spiro atoms. The molecule has 0 radical (unpaired) electrons. The lowest BCUT2D eigenvalue weighted by Crippen LogP contribution is -2.10. The lowest BCUT2D eigenvalue weighted by molar-refractivity contribution is -0.116. The summed E-state index contributed by atoms with van der Waals surface area (Å²) in [4.78, 5) is 24.5. The maximum atomic E-state index is 12.4. The van der Waals surface area contributed by atoms with Crippen LogP contribution in [0.25, 0.3) is 22.7 Å². The van der Waals surface area contributed by atoms with Crippen LogP contribution in [0.15, 0.2) is 85.1 Å². The molecule has 0 unspecified atom stereocenters. The molecule has 4 rings (SSSR count). The number of fused-ring (bicyclic) bond motifs is 1. The van der Waals surface area contributed by atoms with Gasteiger partial charge in [0.1, 0.15) is 0 Å². The van der Waals surface area contributed by atoms with Crippen molar-refractivity contribution in [2.75, 3.05) is 12.4 Å². The minimum atomic E-state index is -0.368. The summed E-state index contributed by atoms with van der Waals surface area (Å²) >= 11 is 0. The van der Waals surface area contributed by atoms with Crippen LogP contribution in [0.5, 0.6) is 0 Å². The number of carbonyl (C=O) groups excluding carboxylic acids is 2. The van der Waals surface area contributed by atoms with Gasteiger partial charge >= 0.3 is 5.97 Å². The number of esters is 1. The number of hydrogen-bond acceptors (Lipinski definition) is 3. The summed E-state index contributed by atoms with van der Waals surface area (Å²) in [5.41, 5.74) is 5.56. The molecule has 178 valence electrons. The maximum Gasteiger partial charge on any atom is 0.337 e. The molecule has 35 heavy (non-hydrogen) atoms. The molecule has 1 aromatic heterocycles. The summed E-state index contributed by atoms with van der Waals surface area (Å²) in [6.45, 7) is 4.29. The monoisotopic (exact) mass is 466 g/mol. The van der Waals surface area contributed by atoms with Gasteiger partial charge in [-0.3, -0.25) is 4.79 Å². The minimum Gasteiger partial charge on any atom is -0.465 e. The van der Waals surface area contributed by atoms with E-state index in [9.17, 15) is 9.59 Å². The summed E-state index contributed by atoms with van der Waals surface area (Å²) in [5, 5.41) is 3.91. The number of rotatable bonds is 8. The molecule has 5 nitrogen and oxygen atoms in total. The van der Waals surface area contributed by atoms with Crippen LogP contribution < -0.4 is 5.32 Å². The highest BCUT2D eigenvalue weighted by molar-refractivity contribution is 5.98. The third kappa shape index (κ3) is 5.69. The Morgan fingerprint density at radius 3 is 2.43 bits per heavy atom. The SMILES string of the molecule is COC(=O)c1ccc2c(c1)c(C=CCCC(=O)Nc1ccc(C(C)C)cc1)cn2-c1ccccc1. The van der Waals surface area contributed by atoms with Gasteiger partial charge < -0.3 is 14.6 Å². The van der Waals surface area contributed by atoms with Crippen LogP contribution in [0.3, 0.4) is 0 Å². The third-order valence-corrected chi connectivity index (χ3v) is 5.99. The smallest absolute Gasteiger partial charge is 0.337 e. The Morgan fingerprint density at radius 1 is 1.00 bits per heavy atom. The van der Waals surface area contributed by atoms with E-state index in [1.165, 1.54) is 12.7 Å². The zero-order valence-corrected chi connectivity index (χ0v) is 20.3. The number of methoxy groups -OCH3 is 1. The molecule has 4 aromatic rings. The second-order valence-electron chi connectivity index (χ2n) is 8.78. The van der Waals surface area contributed by atoms with Gasteiger partial charge in [-0.25, -0.2) is 4.79 Å². The fourth-order valence-electron chi connectivity index (χ4n) is 4.03. The summed E-state index contributed by atoms with van der Waals surface area (Å²) in [6.07, 6.45) is 7.04. The fraction of sp³-hybridized carbons (Fsp3) is 0.200. The molecule has 0 saturated heterocycles. The fourth-order valence-corrected chi connectivity index (χ4v) is 4.03. The molecule has 0 aliphatic rings. The molecular formula is C30H30N2O3. The Hall–Kier alpha value is -4.12. The Morgan fingerprint density at radius 2 is 1.74 bits per heavy atom. The van der Waals surface area contributed by atoms with Crippen LogP contribution >= 0.6 is 0 Å². The van der Waals surface area contributed by atoms with E-state index in [1.807, 2.05) is 85.1 Å². The van der Waals surface area contributed by atoms with Crippen molar-refractivity contribution in [3.8, 4) is 5.69 Å². The maximum absolute atomic E-state index is 12.4. The second kappa shape index (κ2) is 10.9. The highest BCUT2D eigenvalue weighted by Crippen LogP contribution is 2.28. The summed E-state index contributed by atoms with van der Waals surface area (Å²) in [7, 11) is 1.38. The van der Waals surface area contributed by atoms with E-state index < -0.39 is 0 Å². The number of aromatic nitrogens is 1.